The van der Waals surface area contributed by atoms with Crippen LogP contribution in [0.25, 0.3) is 0 Å². The Hall–Kier alpha value is -2.80. The number of carbonyl (C=O) groups is 1. The number of halogens is 7. The van der Waals surface area contributed by atoms with Gasteiger partial charge in [-0.15, -0.1) is 0 Å². The van der Waals surface area contributed by atoms with E-state index < -0.39 is 54.6 Å². The number of aliphatic hydroxyl groups is 1. The van der Waals surface area contributed by atoms with Crippen molar-refractivity contribution in [3.8, 4) is 0 Å². The van der Waals surface area contributed by atoms with E-state index in [9.17, 15) is 36.2 Å². The van der Waals surface area contributed by atoms with Crippen molar-refractivity contribution in [3.05, 3.63) is 46.6 Å². The van der Waals surface area contributed by atoms with E-state index in [0.29, 0.717) is 15.3 Å². The molecule has 1 aromatic heterocycles. The molecule has 4 rings (SSSR count). The topological polar surface area (TPSA) is 82.8 Å². The van der Waals surface area contributed by atoms with E-state index in [2.05, 4.69) is 15.5 Å². The Bertz CT molecular complexity index is 1110. The molecule has 1 amide bonds. The summed E-state index contributed by atoms with van der Waals surface area (Å²) >= 11 is 5.83. The van der Waals surface area contributed by atoms with Crippen molar-refractivity contribution in [2.75, 3.05) is 5.32 Å². The molecule has 2 N–H and O–H groups in total. The number of amides is 1. The third-order valence-corrected chi connectivity index (χ3v) is 5.70. The molecular formula is C19H16ClF6N5O2. The molecule has 0 saturated carbocycles. The van der Waals surface area contributed by atoms with E-state index in [1.54, 1.807) is 0 Å². The number of hydrogen-bond donors (Lipinski definition) is 2. The number of alkyl halides is 6. The van der Waals surface area contributed by atoms with Crippen LogP contribution in [0.15, 0.2) is 35.4 Å². The number of aromatic nitrogens is 2. The van der Waals surface area contributed by atoms with Crippen molar-refractivity contribution < 1.29 is 36.2 Å². The minimum absolute atomic E-state index is 0.179. The van der Waals surface area contributed by atoms with Gasteiger partial charge in [0.15, 0.2) is 11.7 Å². The maximum Gasteiger partial charge on any atom is 0.438 e. The Kier molecular flexibility index (Phi) is 5.39. The molecule has 3 heterocycles. The lowest BCUT2D eigenvalue weighted by atomic mass is 9.97. The molecule has 0 radical (unpaired) electrons. The Balaban J connectivity index is 1.72. The van der Waals surface area contributed by atoms with E-state index in [0.717, 1.165) is 6.07 Å². The summed E-state index contributed by atoms with van der Waals surface area (Å²) in [5, 5.41) is 20.2. The predicted octanol–water partition coefficient (Wildman–Crippen LogP) is 4.67. The number of anilines is 1. The lowest BCUT2D eigenvalue weighted by Gasteiger charge is -2.33. The highest BCUT2D eigenvalue weighted by molar-refractivity contribution is 6.30. The average Bonchev–Trinajstić information content (AvgIpc) is 3.27. The fraction of sp³-hybridized carbons (Fsp3) is 0.421. The van der Waals surface area contributed by atoms with Gasteiger partial charge in [-0.1, -0.05) is 23.7 Å². The fourth-order valence-corrected chi connectivity index (χ4v) is 3.98. The molecule has 0 unspecified atom stereocenters. The SMILES string of the molecule is CC1=NN(C(=O)c2cc3n(n2)[C@@H](C(F)(F)F)C[C@H](c2ccc(Cl)cc2)N3)[C@@](O)(C(F)(F)F)C1. The predicted molar refractivity (Wildman–Crippen MR) is 105 cm³/mol. The summed E-state index contributed by atoms with van der Waals surface area (Å²) in [6.45, 7) is 1.18. The number of rotatable bonds is 2. The van der Waals surface area contributed by atoms with Crippen molar-refractivity contribution in [1.82, 2.24) is 14.8 Å². The van der Waals surface area contributed by atoms with Crippen LogP contribution >= 0.6 is 11.6 Å². The van der Waals surface area contributed by atoms with Gasteiger partial charge in [-0.3, -0.25) is 4.79 Å². The van der Waals surface area contributed by atoms with Crippen LogP contribution in [0.3, 0.4) is 0 Å². The number of hydrogen-bond acceptors (Lipinski definition) is 5. The molecule has 0 fully saturated rings. The van der Waals surface area contributed by atoms with Crippen LogP contribution in [0.2, 0.25) is 5.02 Å². The minimum Gasteiger partial charge on any atom is -0.363 e. The van der Waals surface area contributed by atoms with E-state index in [1.165, 1.54) is 31.2 Å². The van der Waals surface area contributed by atoms with Crippen LogP contribution in [0.1, 0.15) is 47.9 Å². The highest BCUT2D eigenvalue weighted by Gasteiger charge is 2.63. The van der Waals surface area contributed by atoms with Gasteiger partial charge in [0.05, 0.1) is 6.04 Å². The molecule has 178 valence electrons. The first kappa shape index (κ1) is 23.4. The number of benzene rings is 1. The second-order valence-electron chi connectivity index (χ2n) is 7.84. The number of fused-ring (bicyclic) bond motifs is 1. The first-order chi connectivity index (χ1) is 15.2. The summed E-state index contributed by atoms with van der Waals surface area (Å²) in [6, 6.07) is 4.01. The van der Waals surface area contributed by atoms with Gasteiger partial charge in [0.1, 0.15) is 5.82 Å². The van der Waals surface area contributed by atoms with Gasteiger partial charge >= 0.3 is 12.4 Å². The maximum absolute atomic E-state index is 13.8. The van der Waals surface area contributed by atoms with Gasteiger partial charge in [0.25, 0.3) is 11.6 Å². The monoisotopic (exact) mass is 495 g/mol. The van der Waals surface area contributed by atoms with E-state index in [4.69, 9.17) is 11.6 Å². The molecule has 0 saturated heterocycles. The molecule has 0 aliphatic carbocycles. The standard InChI is InChI=1S/C19H16ClF6N5O2/c1-9-8-17(33,19(24,25)26)31(28-9)16(32)13-7-15-27-12(10-2-4-11(20)5-3-10)6-14(18(21,22)23)30(15)29-13/h2-5,7,12,14,27,33H,6,8H2,1H3/t12-,14-,17+/m1/s1. The van der Waals surface area contributed by atoms with Crippen molar-refractivity contribution in [2.24, 2.45) is 5.10 Å². The van der Waals surface area contributed by atoms with Crippen LogP contribution in [-0.4, -0.2) is 49.6 Å². The van der Waals surface area contributed by atoms with Crippen LogP contribution in [0, 0.1) is 0 Å². The normalized spacial score (nSPS) is 25.5. The van der Waals surface area contributed by atoms with Crippen LogP contribution in [0.4, 0.5) is 32.2 Å². The van der Waals surface area contributed by atoms with Crippen molar-refractivity contribution in [2.45, 2.75) is 49.9 Å². The molecule has 2 aliphatic rings. The number of nitrogens with zero attached hydrogens (tertiary/aromatic N) is 4. The highest BCUT2D eigenvalue weighted by Crippen LogP contribution is 2.45. The summed E-state index contributed by atoms with van der Waals surface area (Å²) < 4.78 is 82.2. The molecule has 2 aliphatic heterocycles. The summed E-state index contributed by atoms with van der Waals surface area (Å²) in [6.07, 6.45) is -11.5. The lowest BCUT2D eigenvalue weighted by Crippen LogP contribution is -2.56. The van der Waals surface area contributed by atoms with Crippen molar-refractivity contribution in [3.63, 3.8) is 0 Å². The summed E-state index contributed by atoms with van der Waals surface area (Å²) in [4.78, 5) is 12.8. The number of nitrogens with one attached hydrogen (secondary N) is 1. The Morgan fingerprint density at radius 1 is 1.21 bits per heavy atom. The first-order valence-corrected chi connectivity index (χ1v) is 9.94. The summed E-state index contributed by atoms with van der Waals surface area (Å²) in [7, 11) is 0. The van der Waals surface area contributed by atoms with Gasteiger partial charge in [-0.05, 0) is 24.6 Å². The Morgan fingerprint density at radius 3 is 2.42 bits per heavy atom. The minimum atomic E-state index is -5.25. The second-order valence-corrected chi connectivity index (χ2v) is 8.28. The molecule has 14 heteroatoms. The highest BCUT2D eigenvalue weighted by atomic mass is 35.5. The first-order valence-electron chi connectivity index (χ1n) is 9.57. The lowest BCUT2D eigenvalue weighted by molar-refractivity contribution is -0.297. The quantitative estimate of drug-likeness (QED) is 0.593. The van der Waals surface area contributed by atoms with Gasteiger partial charge in [0.2, 0.25) is 0 Å². The molecule has 0 spiro atoms. The maximum atomic E-state index is 13.8. The van der Waals surface area contributed by atoms with Crippen molar-refractivity contribution in [1.29, 1.82) is 0 Å². The molecule has 3 atom stereocenters. The number of carbonyl (C=O) groups excluding carboxylic acids is 1. The van der Waals surface area contributed by atoms with E-state index in [-0.39, 0.29) is 16.5 Å². The third kappa shape index (κ3) is 4.03. The average molecular weight is 496 g/mol. The van der Waals surface area contributed by atoms with Gasteiger partial charge < -0.3 is 10.4 Å². The van der Waals surface area contributed by atoms with Gasteiger partial charge in [0, 0.05) is 29.6 Å². The van der Waals surface area contributed by atoms with Gasteiger partial charge in [-0.25, -0.2) is 4.68 Å². The summed E-state index contributed by atoms with van der Waals surface area (Å²) in [5.41, 5.74) is -4.05. The zero-order valence-electron chi connectivity index (χ0n) is 16.7. The van der Waals surface area contributed by atoms with Gasteiger partial charge in [-0.2, -0.15) is 41.6 Å². The Labute approximate surface area is 187 Å². The number of hydrazone groups is 1. The molecule has 33 heavy (non-hydrogen) atoms. The molecule has 2 aromatic rings. The van der Waals surface area contributed by atoms with E-state index in [1.807, 2.05) is 0 Å². The molecule has 1 aromatic carbocycles. The van der Waals surface area contributed by atoms with E-state index >= 15 is 0 Å². The largest absolute Gasteiger partial charge is 0.438 e. The zero-order valence-corrected chi connectivity index (χ0v) is 17.5. The Morgan fingerprint density at radius 2 is 1.85 bits per heavy atom. The van der Waals surface area contributed by atoms with Crippen molar-refractivity contribution >= 4 is 29.0 Å². The molecule has 0 bridgehead atoms. The van der Waals surface area contributed by atoms with Crippen LogP contribution in [0.5, 0.6) is 0 Å². The smallest absolute Gasteiger partial charge is 0.363 e. The third-order valence-electron chi connectivity index (χ3n) is 5.45. The molecular weight excluding hydrogens is 480 g/mol. The fourth-order valence-electron chi connectivity index (χ4n) is 3.85. The van der Waals surface area contributed by atoms with Crippen LogP contribution < -0.4 is 5.32 Å². The van der Waals surface area contributed by atoms with Crippen LogP contribution in [-0.2, 0) is 0 Å². The summed E-state index contributed by atoms with van der Waals surface area (Å²) in [5.74, 6) is -1.71. The molecule has 7 nitrogen and oxygen atoms in total. The second kappa shape index (κ2) is 7.62. The zero-order chi connectivity index (χ0) is 24.3.